The van der Waals surface area contributed by atoms with Crippen molar-refractivity contribution in [1.29, 1.82) is 0 Å². The van der Waals surface area contributed by atoms with Crippen LogP contribution in [-0.2, 0) is 11.3 Å². The first-order valence-corrected chi connectivity index (χ1v) is 5.34. The third kappa shape index (κ3) is 2.19. The molecule has 1 aromatic rings. The minimum absolute atomic E-state index is 0.149. The van der Waals surface area contributed by atoms with Crippen molar-refractivity contribution in [2.45, 2.75) is 32.7 Å². The number of nitrogens with zero attached hydrogens (tertiary/aromatic N) is 2. The van der Waals surface area contributed by atoms with Crippen molar-refractivity contribution < 1.29 is 9.90 Å². The quantitative estimate of drug-likeness (QED) is 0.819. The van der Waals surface area contributed by atoms with Gasteiger partial charge < -0.3 is 5.11 Å². The molecule has 2 unspecified atom stereocenters. The second kappa shape index (κ2) is 3.68. The van der Waals surface area contributed by atoms with E-state index in [1.165, 1.54) is 0 Å². The van der Waals surface area contributed by atoms with Crippen LogP contribution in [-0.4, -0.2) is 20.9 Å². The lowest BCUT2D eigenvalue weighted by atomic mass is 10.2. The summed E-state index contributed by atoms with van der Waals surface area (Å²) in [6, 6.07) is 1.94. The van der Waals surface area contributed by atoms with Crippen LogP contribution in [0.3, 0.4) is 0 Å². The van der Waals surface area contributed by atoms with E-state index >= 15 is 0 Å². The SMILES string of the molecule is CC(C)Cn1ccc(C2CC2C(=O)O)n1. The maximum Gasteiger partial charge on any atom is 0.307 e. The smallest absolute Gasteiger partial charge is 0.307 e. The van der Waals surface area contributed by atoms with E-state index in [0.29, 0.717) is 5.92 Å². The summed E-state index contributed by atoms with van der Waals surface area (Å²) in [6.07, 6.45) is 2.68. The van der Waals surface area contributed by atoms with Gasteiger partial charge in [0.15, 0.2) is 0 Å². The topological polar surface area (TPSA) is 55.1 Å². The highest BCUT2D eigenvalue weighted by Gasteiger charge is 2.45. The van der Waals surface area contributed by atoms with Crippen LogP contribution in [0.2, 0.25) is 0 Å². The van der Waals surface area contributed by atoms with E-state index in [0.717, 1.165) is 18.7 Å². The number of hydrogen-bond donors (Lipinski definition) is 1. The highest BCUT2D eigenvalue weighted by Crippen LogP contribution is 2.46. The summed E-state index contributed by atoms with van der Waals surface area (Å²) >= 11 is 0. The molecule has 0 aromatic carbocycles. The maximum absolute atomic E-state index is 10.7. The molecule has 4 nitrogen and oxygen atoms in total. The van der Waals surface area contributed by atoms with Gasteiger partial charge in [0.25, 0.3) is 0 Å². The van der Waals surface area contributed by atoms with Gasteiger partial charge in [-0.1, -0.05) is 13.8 Å². The molecule has 82 valence electrons. The zero-order valence-electron chi connectivity index (χ0n) is 9.05. The molecule has 2 atom stereocenters. The molecule has 1 N–H and O–H groups in total. The van der Waals surface area contributed by atoms with Crippen molar-refractivity contribution in [2.75, 3.05) is 0 Å². The molecule has 0 radical (unpaired) electrons. The van der Waals surface area contributed by atoms with Crippen molar-refractivity contribution in [3.63, 3.8) is 0 Å². The van der Waals surface area contributed by atoms with Gasteiger partial charge in [-0.15, -0.1) is 0 Å². The van der Waals surface area contributed by atoms with Gasteiger partial charge in [-0.25, -0.2) is 0 Å². The minimum atomic E-state index is -0.696. The fourth-order valence-corrected chi connectivity index (χ4v) is 1.85. The molecule has 4 heteroatoms. The molecule has 1 heterocycles. The van der Waals surface area contributed by atoms with E-state index in [2.05, 4.69) is 18.9 Å². The third-order valence-electron chi connectivity index (χ3n) is 2.70. The molecule has 1 saturated carbocycles. The number of aliphatic carboxylic acids is 1. The average molecular weight is 208 g/mol. The number of carboxylic acid groups (broad SMARTS) is 1. The second-order valence-electron chi connectivity index (χ2n) is 4.64. The fourth-order valence-electron chi connectivity index (χ4n) is 1.85. The Kier molecular flexibility index (Phi) is 2.50. The lowest BCUT2D eigenvalue weighted by Crippen LogP contribution is -2.05. The van der Waals surface area contributed by atoms with Gasteiger partial charge in [-0.05, 0) is 18.4 Å². The first-order chi connectivity index (χ1) is 7.08. The molecular formula is C11H16N2O2. The van der Waals surface area contributed by atoms with Crippen molar-refractivity contribution in [3.05, 3.63) is 18.0 Å². The molecular weight excluding hydrogens is 192 g/mol. The monoisotopic (exact) mass is 208 g/mol. The molecule has 1 aliphatic carbocycles. The van der Waals surface area contributed by atoms with Gasteiger partial charge in [0.2, 0.25) is 0 Å². The van der Waals surface area contributed by atoms with Gasteiger partial charge in [-0.2, -0.15) is 5.10 Å². The molecule has 1 fully saturated rings. The van der Waals surface area contributed by atoms with Gasteiger partial charge in [0, 0.05) is 18.7 Å². The second-order valence-corrected chi connectivity index (χ2v) is 4.64. The van der Waals surface area contributed by atoms with Gasteiger partial charge in [0.1, 0.15) is 0 Å². The summed E-state index contributed by atoms with van der Waals surface area (Å²) < 4.78 is 1.90. The predicted octanol–water partition coefficient (Wildman–Crippen LogP) is 1.73. The van der Waals surface area contributed by atoms with Gasteiger partial charge in [-0.3, -0.25) is 9.48 Å². The Morgan fingerprint density at radius 3 is 3.00 bits per heavy atom. The highest BCUT2D eigenvalue weighted by molar-refractivity contribution is 5.75. The maximum atomic E-state index is 10.7. The Bertz CT molecular complexity index is 370. The van der Waals surface area contributed by atoms with Crippen LogP contribution in [0.25, 0.3) is 0 Å². The molecule has 0 amide bonds. The average Bonchev–Trinajstić information content (AvgIpc) is 2.81. The molecule has 0 bridgehead atoms. The molecule has 2 rings (SSSR count). The van der Waals surface area contributed by atoms with Crippen LogP contribution in [0.4, 0.5) is 0 Å². The fraction of sp³-hybridized carbons (Fsp3) is 0.636. The van der Waals surface area contributed by atoms with Crippen molar-refractivity contribution in [1.82, 2.24) is 9.78 Å². The normalized spacial score (nSPS) is 24.5. The third-order valence-corrected chi connectivity index (χ3v) is 2.70. The first-order valence-electron chi connectivity index (χ1n) is 5.34. The van der Waals surface area contributed by atoms with E-state index in [-0.39, 0.29) is 11.8 Å². The van der Waals surface area contributed by atoms with Crippen LogP contribution in [0, 0.1) is 11.8 Å². The molecule has 15 heavy (non-hydrogen) atoms. The van der Waals surface area contributed by atoms with Crippen LogP contribution in [0.1, 0.15) is 31.9 Å². The number of rotatable bonds is 4. The Balaban J connectivity index is 2.00. The van der Waals surface area contributed by atoms with E-state index in [4.69, 9.17) is 5.11 Å². The summed E-state index contributed by atoms with van der Waals surface area (Å²) in [5.74, 6) is -0.186. The zero-order valence-corrected chi connectivity index (χ0v) is 9.05. The lowest BCUT2D eigenvalue weighted by molar-refractivity contribution is -0.138. The number of aromatic nitrogens is 2. The number of hydrogen-bond acceptors (Lipinski definition) is 2. The minimum Gasteiger partial charge on any atom is -0.481 e. The lowest BCUT2D eigenvalue weighted by Gasteiger charge is -2.03. The Labute approximate surface area is 88.9 Å². The summed E-state index contributed by atoms with van der Waals surface area (Å²) in [4.78, 5) is 10.7. The Hall–Kier alpha value is -1.32. The van der Waals surface area contributed by atoms with Crippen LogP contribution in [0.15, 0.2) is 12.3 Å². The summed E-state index contributed by atoms with van der Waals surface area (Å²) in [5, 5.41) is 13.2. The van der Waals surface area contributed by atoms with Crippen molar-refractivity contribution in [2.24, 2.45) is 11.8 Å². The summed E-state index contributed by atoms with van der Waals surface area (Å²) in [6.45, 7) is 5.17. The molecule has 1 aliphatic rings. The zero-order chi connectivity index (χ0) is 11.0. The Morgan fingerprint density at radius 1 is 1.73 bits per heavy atom. The standard InChI is InChI=1S/C11H16N2O2/c1-7(2)6-13-4-3-10(12-13)8-5-9(8)11(14)15/h3-4,7-9H,5-6H2,1-2H3,(H,14,15). The first kappa shape index (κ1) is 10.2. The Morgan fingerprint density at radius 2 is 2.47 bits per heavy atom. The molecule has 0 spiro atoms. The van der Waals surface area contributed by atoms with E-state index in [9.17, 15) is 4.79 Å². The predicted molar refractivity (Wildman–Crippen MR) is 55.5 cm³/mol. The molecule has 0 aliphatic heterocycles. The highest BCUT2D eigenvalue weighted by atomic mass is 16.4. The van der Waals surface area contributed by atoms with E-state index in [1.807, 2.05) is 16.9 Å². The van der Waals surface area contributed by atoms with Crippen molar-refractivity contribution >= 4 is 5.97 Å². The van der Waals surface area contributed by atoms with Gasteiger partial charge in [0.05, 0.1) is 11.6 Å². The van der Waals surface area contributed by atoms with Crippen molar-refractivity contribution in [3.8, 4) is 0 Å². The van der Waals surface area contributed by atoms with Crippen LogP contribution >= 0.6 is 0 Å². The van der Waals surface area contributed by atoms with Crippen LogP contribution < -0.4 is 0 Å². The van der Waals surface area contributed by atoms with Gasteiger partial charge >= 0.3 is 5.97 Å². The summed E-state index contributed by atoms with van der Waals surface area (Å²) in [7, 11) is 0. The van der Waals surface area contributed by atoms with E-state index < -0.39 is 5.97 Å². The summed E-state index contributed by atoms with van der Waals surface area (Å²) in [5.41, 5.74) is 0.933. The number of carboxylic acids is 1. The largest absolute Gasteiger partial charge is 0.481 e. The van der Waals surface area contributed by atoms with E-state index in [1.54, 1.807) is 0 Å². The molecule has 0 saturated heterocycles. The number of carbonyl (C=O) groups is 1. The molecule has 1 aromatic heterocycles. The van der Waals surface area contributed by atoms with Crippen LogP contribution in [0.5, 0.6) is 0 Å².